The van der Waals surface area contributed by atoms with Crippen molar-refractivity contribution in [2.24, 2.45) is 20.5 Å². The number of benzene rings is 6. The van der Waals surface area contributed by atoms with E-state index < -0.39 is 65.7 Å². The van der Waals surface area contributed by atoms with Crippen LogP contribution in [-0.2, 0) is 53.3 Å². The van der Waals surface area contributed by atoms with Gasteiger partial charge in [0.2, 0.25) is 0 Å². The van der Waals surface area contributed by atoms with Gasteiger partial charge < -0.3 is 0 Å². The molecule has 0 spiro atoms. The van der Waals surface area contributed by atoms with Crippen molar-refractivity contribution in [3.8, 4) is 0 Å². The van der Waals surface area contributed by atoms with Gasteiger partial charge in [-0.1, -0.05) is 36.4 Å². The number of H-pyrrole nitrogens is 1. The van der Waals surface area contributed by atoms with E-state index in [1.54, 1.807) is 48.5 Å². The number of aromatic nitrogens is 3. The molecular weight excluding hydrogens is 879 g/mol. The lowest BCUT2D eigenvalue weighted by Gasteiger charge is -2.07. The second-order valence-corrected chi connectivity index (χ2v) is 18.8. The number of aromatic amines is 1. The summed E-state index contributed by atoms with van der Waals surface area (Å²) in [4.78, 5) is 20.6. The van der Waals surface area contributed by atoms with E-state index in [1.165, 1.54) is 36.4 Å². The Balaban J connectivity index is 1.02. The summed E-state index contributed by atoms with van der Waals surface area (Å²) in [5.41, 5.74) is 2.01. The van der Waals surface area contributed by atoms with Gasteiger partial charge in [-0.3, -0.25) is 23.2 Å². The Morgan fingerprint density at radius 1 is 0.459 bits per heavy atom. The van der Waals surface area contributed by atoms with Gasteiger partial charge in [-0.15, -0.1) is 0 Å². The molecule has 5 N–H and O–H groups in total. The van der Waals surface area contributed by atoms with Gasteiger partial charge in [0.05, 0.1) is 32.5 Å². The van der Waals surface area contributed by atoms with Gasteiger partial charge in [0.15, 0.2) is 0 Å². The highest BCUT2D eigenvalue weighted by molar-refractivity contribution is 7.87. The second kappa shape index (κ2) is 16.2. The van der Waals surface area contributed by atoms with Crippen LogP contribution in [-0.4, -0.2) is 66.8 Å². The Morgan fingerprint density at radius 2 is 0.852 bits per heavy atom. The van der Waals surface area contributed by atoms with E-state index in [4.69, 9.17) is 0 Å². The summed E-state index contributed by atoms with van der Waals surface area (Å²) >= 11 is 0. The average molecular weight is 906 g/mol. The highest BCUT2D eigenvalue weighted by atomic mass is 32.2. The maximum absolute atomic E-state index is 12.4. The fourth-order valence-corrected chi connectivity index (χ4v) is 8.72. The van der Waals surface area contributed by atoms with Crippen molar-refractivity contribution in [1.29, 1.82) is 0 Å². The van der Waals surface area contributed by atoms with Crippen LogP contribution in [0.15, 0.2) is 154 Å². The molecule has 0 unspecified atom stereocenters. The zero-order valence-corrected chi connectivity index (χ0v) is 33.9. The first-order valence-corrected chi connectivity index (χ1v) is 22.9. The van der Waals surface area contributed by atoms with Gasteiger partial charge in [-0.05, 0) is 94.7 Å². The lowest BCUT2D eigenvalue weighted by molar-refractivity contribution is 0.477. The van der Waals surface area contributed by atoms with E-state index in [2.05, 4.69) is 35.4 Å². The van der Waals surface area contributed by atoms with Crippen LogP contribution in [0.5, 0.6) is 0 Å². The monoisotopic (exact) mass is 905 g/mol. The van der Waals surface area contributed by atoms with Gasteiger partial charge in [0.1, 0.15) is 21.4 Å². The minimum atomic E-state index is -4.89. The third kappa shape index (κ3) is 10.3. The highest BCUT2D eigenvalue weighted by Crippen LogP contribution is 2.33. The summed E-state index contributed by atoms with van der Waals surface area (Å²) < 4.78 is 133. The first-order chi connectivity index (χ1) is 28.6. The summed E-state index contributed by atoms with van der Waals surface area (Å²) in [6.07, 6.45) is 0.406. The quantitative estimate of drug-likeness (QED) is 0.0648. The van der Waals surface area contributed by atoms with Gasteiger partial charge in [-0.25, -0.2) is 9.78 Å². The van der Waals surface area contributed by atoms with E-state index in [9.17, 15) is 56.7 Å². The summed E-state index contributed by atoms with van der Waals surface area (Å²) in [5, 5.41) is 16.6. The molecule has 1 heterocycles. The van der Waals surface area contributed by atoms with E-state index >= 15 is 0 Å². The van der Waals surface area contributed by atoms with E-state index in [0.717, 1.165) is 23.3 Å². The summed E-state index contributed by atoms with van der Waals surface area (Å²) in [6.45, 7) is 0. The Morgan fingerprint density at radius 3 is 1.26 bits per heavy atom. The average Bonchev–Trinajstić information content (AvgIpc) is 3.17. The minimum absolute atomic E-state index is 0.0508. The lowest BCUT2D eigenvalue weighted by atomic mass is 10.1. The first-order valence-electron chi connectivity index (χ1n) is 17.1. The zero-order chi connectivity index (χ0) is 43.9. The van der Waals surface area contributed by atoms with Crippen molar-refractivity contribution in [2.45, 2.75) is 32.4 Å². The second-order valence-electron chi connectivity index (χ2n) is 13.2. The first kappa shape index (κ1) is 42.6. The number of fused-ring (bicyclic) bond motifs is 2. The topological polar surface area (TPSA) is 326 Å². The maximum Gasteiger partial charge on any atom is 0.348 e. The Bertz CT molecular complexity index is 3260. The number of rotatable bonds is 12. The normalized spacial score (nSPS) is 12.9. The number of hydrogen-bond donors (Lipinski definition) is 5. The third-order valence-corrected chi connectivity index (χ3v) is 12.3. The van der Waals surface area contributed by atoms with Crippen LogP contribution in [0, 0.1) is 0 Å². The molecule has 0 aliphatic heterocycles. The number of hydrogen-bond acceptors (Lipinski definition) is 15. The van der Waals surface area contributed by atoms with Gasteiger partial charge in [0, 0.05) is 23.6 Å². The van der Waals surface area contributed by atoms with Crippen LogP contribution in [0.2, 0.25) is 0 Å². The molecule has 0 atom stereocenters. The standard InChI is InChI=1S/C37H27N7O13S4/c45-37-39-35(13-21-1-7-25(8-2-21)41-43-27-11-5-23-15-29(58(46,47)48)19-33(31(23)17-27)60(52,53)54)38-36(40-37)14-22-3-9-26(10-4-22)42-44-28-12-6-24-16-30(59(49,50)51)20-34(32(24)18-28)61(55,56)57/h1-12,15-20H,13-14H2,(H,46,47,48)(H,49,50,51)(H,52,53,54)(H,55,56,57)(H,38,39,40,45). The molecule has 0 aliphatic rings. The molecule has 0 aliphatic carbocycles. The molecule has 7 aromatic rings. The molecule has 0 fully saturated rings. The van der Waals surface area contributed by atoms with Crippen LogP contribution < -0.4 is 5.69 Å². The van der Waals surface area contributed by atoms with Crippen molar-refractivity contribution in [3.63, 3.8) is 0 Å². The molecule has 312 valence electrons. The molecule has 0 saturated heterocycles. The molecule has 24 heteroatoms. The Labute approximate surface area is 345 Å². The molecule has 7 rings (SSSR count). The summed E-state index contributed by atoms with van der Waals surface area (Å²) in [7, 11) is -19.3. The number of azo groups is 2. The van der Waals surface area contributed by atoms with E-state index in [0.29, 0.717) is 29.3 Å². The molecule has 0 amide bonds. The SMILES string of the molecule is O=c1nc(Cc2ccc(N=Nc3ccc4cc(S(=O)(=O)O)cc(S(=O)(=O)O)c4c3)cc2)nc(Cc2ccc(N=Nc3ccc4cc(S(=O)(=O)O)cc(S(=O)(=O)O)c4c3)cc2)[nH]1. The molecule has 61 heavy (non-hydrogen) atoms. The fourth-order valence-electron chi connectivity index (χ4n) is 6.03. The van der Waals surface area contributed by atoms with Crippen LogP contribution in [0.1, 0.15) is 22.8 Å². The molecule has 1 aromatic heterocycles. The number of nitrogens with zero attached hydrogens (tertiary/aromatic N) is 6. The Kier molecular flexibility index (Phi) is 11.3. The fraction of sp³-hybridized carbons (Fsp3) is 0.0541. The lowest BCUT2D eigenvalue weighted by Crippen LogP contribution is -2.18. The predicted molar refractivity (Wildman–Crippen MR) is 217 cm³/mol. The van der Waals surface area contributed by atoms with Gasteiger partial charge in [-0.2, -0.15) is 59.1 Å². The number of nitrogens with one attached hydrogen (secondary N) is 1. The predicted octanol–water partition coefficient (Wildman–Crippen LogP) is 6.47. The highest BCUT2D eigenvalue weighted by Gasteiger charge is 2.22. The molecular formula is C37H27N7O13S4. The third-order valence-electron chi connectivity index (χ3n) is 8.81. The van der Waals surface area contributed by atoms with Crippen molar-refractivity contribution in [1.82, 2.24) is 15.0 Å². The van der Waals surface area contributed by atoms with E-state index in [-0.39, 0.29) is 51.6 Å². The van der Waals surface area contributed by atoms with Crippen molar-refractivity contribution >= 4 is 84.8 Å². The largest absolute Gasteiger partial charge is 0.348 e. The van der Waals surface area contributed by atoms with Crippen LogP contribution in [0.4, 0.5) is 22.7 Å². The summed E-state index contributed by atoms with van der Waals surface area (Å²) in [6, 6.07) is 24.9. The van der Waals surface area contributed by atoms with Crippen LogP contribution >= 0.6 is 0 Å². The van der Waals surface area contributed by atoms with Gasteiger partial charge in [0.25, 0.3) is 40.5 Å². The van der Waals surface area contributed by atoms with Crippen molar-refractivity contribution in [3.05, 3.63) is 142 Å². The van der Waals surface area contributed by atoms with Crippen molar-refractivity contribution < 1.29 is 51.9 Å². The molecule has 20 nitrogen and oxygen atoms in total. The molecule has 0 saturated carbocycles. The summed E-state index contributed by atoms with van der Waals surface area (Å²) in [5.74, 6) is 0.572. The smallest absolute Gasteiger partial charge is 0.294 e. The molecule has 0 bridgehead atoms. The van der Waals surface area contributed by atoms with Crippen LogP contribution in [0.3, 0.4) is 0 Å². The maximum atomic E-state index is 12.4. The van der Waals surface area contributed by atoms with Crippen molar-refractivity contribution in [2.75, 3.05) is 0 Å². The van der Waals surface area contributed by atoms with E-state index in [1.807, 2.05) is 0 Å². The Hall–Kier alpha value is -6.51. The molecule has 0 radical (unpaired) electrons. The minimum Gasteiger partial charge on any atom is -0.294 e. The molecule has 6 aromatic carbocycles. The zero-order valence-electron chi connectivity index (χ0n) is 30.6. The van der Waals surface area contributed by atoms with Crippen LogP contribution in [0.25, 0.3) is 21.5 Å². The van der Waals surface area contributed by atoms with Gasteiger partial charge >= 0.3 is 5.69 Å².